The lowest BCUT2D eigenvalue weighted by Crippen LogP contribution is -2.48. The third kappa shape index (κ3) is 4.22. The monoisotopic (exact) mass is 436 g/mol. The lowest BCUT2D eigenvalue weighted by Gasteiger charge is -2.14. The predicted octanol–water partition coefficient (Wildman–Crippen LogP) is 4.86. The summed E-state index contributed by atoms with van der Waals surface area (Å²) in [4.78, 5) is 14.4. The maximum atomic E-state index is 14.5. The second-order valence-corrected chi connectivity index (χ2v) is 7.77. The van der Waals surface area contributed by atoms with Crippen molar-refractivity contribution in [2.75, 3.05) is 6.26 Å². The summed E-state index contributed by atoms with van der Waals surface area (Å²) in [5.41, 5.74) is 1.56. The molecule has 4 rings (SSSR count). The standard InChI is InChI=1S/C24H18F2N2O2S/c1-31-22-12-9-18(13-21(22)26)20-15-28(30)27(14-16-5-3-2-4-6-16)24(29)23(20)17-7-10-19(25)11-8-17/h2-13,15H,14H2,1H3. The molecule has 156 valence electrons. The lowest BCUT2D eigenvalue weighted by molar-refractivity contribution is -0.699. The van der Waals surface area contributed by atoms with Gasteiger partial charge in [0.05, 0.1) is 11.1 Å². The zero-order valence-electron chi connectivity index (χ0n) is 16.6. The Bertz CT molecular complexity index is 1290. The SMILES string of the molecule is CSc1ccc(-c2c[n+]([O-])n(Cc3ccccc3)c(=O)c2-c2ccc(F)cc2)cc1F. The molecule has 0 aliphatic carbocycles. The van der Waals surface area contributed by atoms with Crippen molar-refractivity contribution < 1.29 is 13.6 Å². The first-order valence-electron chi connectivity index (χ1n) is 9.49. The van der Waals surface area contributed by atoms with Gasteiger partial charge in [0.15, 0.2) is 0 Å². The number of rotatable bonds is 5. The van der Waals surface area contributed by atoms with E-state index in [1.165, 1.54) is 48.3 Å². The molecule has 3 aromatic carbocycles. The molecule has 1 aromatic heterocycles. The molecule has 0 atom stereocenters. The number of hydrogen-bond donors (Lipinski definition) is 0. The summed E-state index contributed by atoms with van der Waals surface area (Å²) >= 11 is 1.26. The van der Waals surface area contributed by atoms with E-state index in [0.29, 0.717) is 20.9 Å². The van der Waals surface area contributed by atoms with Gasteiger partial charge >= 0.3 is 5.56 Å². The Labute approximate surface area is 182 Å². The van der Waals surface area contributed by atoms with Gasteiger partial charge in [0.1, 0.15) is 18.2 Å². The Kier molecular flexibility index (Phi) is 5.86. The molecule has 0 radical (unpaired) electrons. The Morgan fingerprint density at radius 1 is 0.968 bits per heavy atom. The van der Waals surface area contributed by atoms with E-state index in [0.717, 1.165) is 10.2 Å². The van der Waals surface area contributed by atoms with E-state index in [1.54, 1.807) is 18.4 Å². The third-order valence-electron chi connectivity index (χ3n) is 4.97. The van der Waals surface area contributed by atoms with Crippen LogP contribution in [0.1, 0.15) is 5.56 Å². The molecule has 7 heteroatoms. The van der Waals surface area contributed by atoms with Crippen LogP contribution >= 0.6 is 11.8 Å². The average Bonchev–Trinajstić information content (AvgIpc) is 2.78. The molecule has 0 spiro atoms. The summed E-state index contributed by atoms with van der Waals surface area (Å²) < 4.78 is 29.0. The van der Waals surface area contributed by atoms with Crippen molar-refractivity contribution in [1.29, 1.82) is 0 Å². The number of hydrogen-bond acceptors (Lipinski definition) is 3. The molecule has 0 fully saturated rings. The van der Waals surface area contributed by atoms with E-state index >= 15 is 0 Å². The quantitative estimate of drug-likeness (QED) is 0.255. The van der Waals surface area contributed by atoms with Crippen molar-refractivity contribution in [3.8, 4) is 22.3 Å². The van der Waals surface area contributed by atoms with Gasteiger partial charge in [-0.2, -0.15) is 0 Å². The molecule has 1 heterocycles. The smallest absolute Gasteiger partial charge is 0.311 e. The Hall–Kier alpha value is -3.45. The van der Waals surface area contributed by atoms with Crippen LogP contribution in [0.15, 0.2) is 88.7 Å². The predicted molar refractivity (Wildman–Crippen MR) is 118 cm³/mol. The largest absolute Gasteiger partial charge is 0.596 e. The summed E-state index contributed by atoms with van der Waals surface area (Å²) in [6.07, 6.45) is 3.02. The Morgan fingerprint density at radius 2 is 1.65 bits per heavy atom. The molecule has 0 saturated carbocycles. The van der Waals surface area contributed by atoms with Crippen LogP contribution in [0.25, 0.3) is 22.3 Å². The zero-order valence-corrected chi connectivity index (χ0v) is 17.4. The van der Waals surface area contributed by atoms with E-state index in [4.69, 9.17) is 0 Å². The van der Waals surface area contributed by atoms with Crippen LogP contribution in [-0.2, 0) is 6.54 Å². The van der Waals surface area contributed by atoms with Crippen molar-refractivity contribution in [1.82, 2.24) is 4.68 Å². The number of halogens is 2. The Morgan fingerprint density at radius 3 is 2.29 bits per heavy atom. The highest BCUT2D eigenvalue weighted by Gasteiger charge is 2.21. The van der Waals surface area contributed by atoms with Crippen molar-refractivity contribution >= 4 is 11.8 Å². The number of benzene rings is 3. The minimum atomic E-state index is -0.544. The van der Waals surface area contributed by atoms with Crippen LogP contribution < -0.4 is 10.4 Å². The summed E-state index contributed by atoms with van der Waals surface area (Å²) in [6, 6.07) is 19.1. The van der Waals surface area contributed by atoms with E-state index < -0.39 is 17.2 Å². The van der Waals surface area contributed by atoms with Gasteiger partial charge in [-0.1, -0.05) is 58.1 Å². The zero-order chi connectivity index (χ0) is 22.0. The number of aromatic nitrogens is 2. The molecule has 0 amide bonds. The van der Waals surface area contributed by atoms with Gasteiger partial charge in [0.2, 0.25) is 6.20 Å². The highest BCUT2D eigenvalue weighted by atomic mass is 32.2. The number of nitrogens with zero attached hydrogens (tertiary/aromatic N) is 2. The van der Waals surface area contributed by atoms with Gasteiger partial charge in [0, 0.05) is 4.90 Å². The molecule has 4 nitrogen and oxygen atoms in total. The van der Waals surface area contributed by atoms with Crippen LogP contribution in [0.3, 0.4) is 0 Å². The topological polar surface area (TPSA) is 48.9 Å². The molecule has 0 aliphatic rings. The van der Waals surface area contributed by atoms with Gasteiger partial charge in [-0.3, -0.25) is 4.79 Å². The van der Waals surface area contributed by atoms with Crippen molar-refractivity contribution in [2.45, 2.75) is 11.4 Å². The Balaban J connectivity index is 1.95. The molecule has 0 N–H and O–H groups in total. The summed E-state index contributed by atoms with van der Waals surface area (Å²) in [6.45, 7) is 0.0669. The van der Waals surface area contributed by atoms with Crippen LogP contribution in [0.5, 0.6) is 0 Å². The van der Waals surface area contributed by atoms with Gasteiger partial charge in [-0.25, -0.2) is 8.78 Å². The van der Waals surface area contributed by atoms with Gasteiger partial charge in [0.25, 0.3) is 0 Å². The molecule has 0 aliphatic heterocycles. The van der Waals surface area contributed by atoms with Gasteiger partial charge < -0.3 is 5.21 Å². The minimum absolute atomic E-state index is 0.0669. The molecular formula is C24H18F2N2O2S. The van der Waals surface area contributed by atoms with Crippen molar-refractivity contribution in [2.24, 2.45) is 0 Å². The fourth-order valence-electron chi connectivity index (χ4n) is 3.42. The normalized spacial score (nSPS) is 10.9. The summed E-state index contributed by atoms with van der Waals surface area (Å²) in [5, 5.41) is 12.8. The van der Waals surface area contributed by atoms with Crippen LogP contribution in [-0.4, -0.2) is 10.9 Å². The van der Waals surface area contributed by atoms with Crippen LogP contribution in [0.4, 0.5) is 8.78 Å². The van der Waals surface area contributed by atoms with Crippen molar-refractivity contribution in [3.05, 3.63) is 112 Å². The van der Waals surface area contributed by atoms with E-state index in [9.17, 15) is 18.8 Å². The first kappa shape index (κ1) is 20.8. The maximum absolute atomic E-state index is 14.5. The second-order valence-electron chi connectivity index (χ2n) is 6.92. The fourth-order valence-corrected chi connectivity index (χ4v) is 3.88. The minimum Gasteiger partial charge on any atom is -0.596 e. The first-order valence-corrected chi connectivity index (χ1v) is 10.7. The average molecular weight is 436 g/mol. The van der Waals surface area contributed by atoms with Gasteiger partial charge in [-0.15, -0.1) is 11.8 Å². The fraction of sp³-hybridized carbons (Fsp3) is 0.0833. The highest BCUT2D eigenvalue weighted by Crippen LogP contribution is 2.31. The molecule has 4 aromatic rings. The summed E-state index contributed by atoms with van der Waals surface area (Å²) in [7, 11) is 0. The van der Waals surface area contributed by atoms with E-state index in [1.807, 2.05) is 30.3 Å². The van der Waals surface area contributed by atoms with Crippen molar-refractivity contribution in [3.63, 3.8) is 0 Å². The maximum Gasteiger partial charge on any atom is 0.311 e. The lowest BCUT2D eigenvalue weighted by atomic mass is 9.97. The molecular weight excluding hydrogens is 418 g/mol. The van der Waals surface area contributed by atoms with Crippen LogP contribution in [0.2, 0.25) is 0 Å². The molecule has 0 unspecified atom stereocenters. The first-order chi connectivity index (χ1) is 15.0. The molecule has 0 bridgehead atoms. The van der Waals surface area contributed by atoms with Crippen LogP contribution in [0, 0.1) is 16.8 Å². The van der Waals surface area contributed by atoms with Gasteiger partial charge in [-0.05, 0) is 47.2 Å². The number of thioether (sulfide) groups is 1. The van der Waals surface area contributed by atoms with E-state index in [-0.39, 0.29) is 17.7 Å². The highest BCUT2D eigenvalue weighted by molar-refractivity contribution is 7.98. The second kappa shape index (κ2) is 8.73. The molecule has 0 saturated heterocycles. The molecule has 31 heavy (non-hydrogen) atoms. The summed E-state index contributed by atoms with van der Waals surface area (Å²) in [5.74, 6) is -0.888. The third-order valence-corrected chi connectivity index (χ3v) is 5.74. The van der Waals surface area contributed by atoms with E-state index in [2.05, 4.69) is 0 Å².